The monoisotopic (exact) mass is 503 g/mol. The lowest BCUT2D eigenvalue weighted by Crippen LogP contribution is -2.57. The van der Waals surface area contributed by atoms with Gasteiger partial charge in [-0.2, -0.15) is 0 Å². The molecular formula is C26H41N5O5. The lowest BCUT2D eigenvalue weighted by Gasteiger charge is -2.29. The molecule has 200 valence electrons. The van der Waals surface area contributed by atoms with E-state index in [2.05, 4.69) is 10.6 Å². The minimum absolute atomic E-state index is 0.0905. The van der Waals surface area contributed by atoms with E-state index < -0.39 is 47.9 Å². The predicted molar refractivity (Wildman–Crippen MR) is 137 cm³/mol. The highest BCUT2D eigenvalue weighted by Gasteiger charge is 2.38. The van der Waals surface area contributed by atoms with Gasteiger partial charge in [0.2, 0.25) is 17.7 Å². The Hall–Kier alpha value is -2.98. The zero-order chi connectivity index (χ0) is 26.7. The van der Waals surface area contributed by atoms with Gasteiger partial charge in [0.1, 0.15) is 18.1 Å². The summed E-state index contributed by atoms with van der Waals surface area (Å²) < 4.78 is 0. The summed E-state index contributed by atoms with van der Waals surface area (Å²) in [6, 6.07) is 5.70. The molecule has 1 aromatic carbocycles. The van der Waals surface area contributed by atoms with Gasteiger partial charge in [-0.3, -0.25) is 14.4 Å². The second-order valence-corrected chi connectivity index (χ2v) is 9.86. The van der Waals surface area contributed by atoms with Crippen LogP contribution in [0.25, 0.3) is 0 Å². The van der Waals surface area contributed by atoms with Gasteiger partial charge < -0.3 is 32.1 Å². The molecule has 10 heteroatoms. The van der Waals surface area contributed by atoms with Crippen LogP contribution in [0, 0.1) is 5.92 Å². The fourth-order valence-electron chi connectivity index (χ4n) is 4.43. The lowest BCUT2D eigenvalue weighted by molar-refractivity contribution is -0.149. The Kier molecular flexibility index (Phi) is 11.8. The third-order valence-electron chi connectivity index (χ3n) is 6.36. The molecule has 0 saturated carbocycles. The van der Waals surface area contributed by atoms with Gasteiger partial charge in [0, 0.05) is 13.0 Å². The number of carbonyl (C=O) groups excluding carboxylic acids is 3. The predicted octanol–water partition coefficient (Wildman–Crippen LogP) is 0.777. The Labute approximate surface area is 213 Å². The van der Waals surface area contributed by atoms with Gasteiger partial charge in [-0.25, -0.2) is 4.79 Å². The number of unbranched alkanes of at least 4 members (excludes halogenated alkanes) is 1. The van der Waals surface area contributed by atoms with Crippen molar-refractivity contribution in [3.63, 3.8) is 0 Å². The molecule has 0 radical (unpaired) electrons. The number of nitrogens with zero attached hydrogens (tertiary/aromatic N) is 1. The fourth-order valence-corrected chi connectivity index (χ4v) is 4.43. The van der Waals surface area contributed by atoms with Gasteiger partial charge in [-0.1, -0.05) is 50.6 Å². The van der Waals surface area contributed by atoms with Crippen LogP contribution in [0.3, 0.4) is 0 Å². The molecule has 0 aliphatic carbocycles. The molecular weight excluding hydrogens is 462 g/mol. The molecule has 1 aromatic rings. The number of amides is 3. The van der Waals surface area contributed by atoms with Crippen LogP contribution in [0.1, 0.15) is 57.9 Å². The summed E-state index contributed by atoms with van der Waals surface area (Å²) in [5, 5.41) is 15.1. The van der Waals surface area contributed by atoms with Crippen LogP contribution in [0.4, 0.5) is 0 Å². The standard InChI is InChI=1S/C26H41N5O5/c1-17(2)15-20(29-23(32)19(28)11-6-7-13-27)24(33)30-21(16-18-9-4-3-5-10-18)25(34)31-14-8-12-22(31)26(35)36/h3-5,9-10,17,19-22H,6-8,11-16,27-28H2,1-2H3,(H,29,32)(H,30,33)(H,35,36). The summed E-state index contributed by atoms with van der Waals surface area (Å²) in [6.45, 7) is 4.70. The smallest absolute Gasteiger partial charge is 0.326 e. The molecule has 0 bridgehead atoms. The molecule has 10 nitrogen and oxygen atoms in total. The van der Waals surface area contributed by atoms with Crippen LogP contribution in [-0.4, -0.2) is 71.0 Å². The minimum atomic E-state index is -1.06. The first kappa shape index (κ1) is 29.3. The molecule has 0 aromatic heterocycles. The SMILES string of the molecule is CC(C)CC(NC(=O)C(N)CCCCN)C(=O)NC(Cc1ccccc1)C(=O)N1CCCC1C(=O)O. The Morgan fingerprint density at radius 3 is 2.33 bits per heavy atom. The number of hydrogen-bond donors (Lipinski definition) is 5. The number of carboxylic acid groups (broad SMARTS) is 1. The van der Waals surface area contributed by atoms with E-state index in [1.54, 1.807) is 0 Å². The van der Waals surface area contributed by atoms with E-state index in [9.17, 15) is 24.3 Å². The Morgan fingerprint density at radius 1 is 1.06 bits per heavy atom. The molecule has 1 saturated heterocycles. The van der Waals surface area contributed by atoms with Gasteiger partial charge in [-0.05, 0) is 50.1 Å². The average Bonchev–Trinajstić information content (AvgIpc) is 3.33. The number of aliphatic carboxylic acids is 1. The zero-order valence-corrected chi connectivity index (χ0v) is 21.3. The molecule has 3 amide bonds. The fraction of sp³-hybridized carbons (Fsp3) is 0.615. The summed E-state index contributed by atoms with van der Waals surface area (Å²) in [6.07, 6.45) is 3.45. The van der Waals surface area contributed by atoms with Crippen molar-refractivity contribution in [1.82, 2.24) is 15.5 Å². The number of likely N-dealkylation sites (tertiary alicyclic amines) is 1. The summed E-state index contributed by atoms with van der Waals surface area (Å²) in [5.41, 5.74) is 12.3. The quantitative estimate of drug-likeness (QED) is 0.234. The minimum Gasteiger partial charge on any atom is -0.480 e. The van der Waals surface area contributed by atoms with E-state index in [1.165, 1.54) is 4.90 Å². The first-order valence-electron chi connectivity index (χ1n) is 12.8. The van der Waals surface area contributed by atoms with E-state index in [0.29, 0.717) is 45.2 Å². The summed E-state index contributed by atoms with van der Waals surface area (Å²) in [7, 11) is 0. The van der Waals surface area contributed by atoms with E-state index in [4.69, 9.17) is 11.5 Å². The summed E-state index contributed by atoms with van der Waals surface area (Å²) >= 11 is 0. The molecule has 7 N–H and O–H groups in total. The van der Waals surface area contributed by atoms with Crippen molar-refractivity contribution in [3.05, 3.63) is 35.9 Å². The molecule has 4 atom stereocenters. The van der Waals surface area contributed by atoms with Crippen LogP contribution in [0.2, 0.25) is 0 Å². The van der Waals surface area contributed by atoms with Crippen LogP contribution < -0.4 is 22.1 Å². The highest BCUT2D eigenvalue weighted by atomic mass is 16.4. The second kappa shape index (κ2) is 14.5. The summed E-state index contributed by atoms with van der Waals surface area (Å²) in [5.74, 6) is -2.33. The van der Waals surface area contributed by atoms with Crippen LogP contribution in [-0.2, 0) is 25.6 Å². The maximum absolute atomic E-state index is 13.5. The van der Waals surface area contributed by atoms with Crippen molar-refractivity contribution in [2.45, 2.75) is 83.0 Å². The molecule has 2 rings (SSSR count). The highest BCUT2D eigenvalue weighted by molar-refractivity contribution is 5.94. The van der Waals surface area contributed by atoms with Gasteiger partial charge in [0.25, 0.3) is 0 Å². The third kappa shape index (κ3) is 8.91. The molecule has 4 unspecified atom stereocenters. The largest absolute Gasteiger partial charge is 0.480 e. The summed E-state index contributed by atoms with van der Waals surface area (Å²) in [4.78, 5) is 52.5. The first-order valence-corrected chi connectivity index (χ1v) is 12.8. The zero-order valence-electron chi connectivity index (χ0n) is 21.3. The van der Waals surface area contributed by atoms with Gasteiger partial charge >= 0.3 is 5.97 Å². The van der Waals surface area contributed by atoms with Gasteiger partial charge in [0.15, 0.2) is 0 Å². The van der Waals surface area contributed by atoms with Crippen molar-refractivity contribution in [3.8, 4) is 0 Å². The number of nitrogens with two attached hydrogens (primary N) is 2. The average molecular weight is 504 g/mol. The van der Waals surface area contributed by atoms with Crippen molar-refractivity contribution in [2.24, 2.45) is 17.4 Å². The van der Waals surface area contributed by atoms with E-state index in [-0.39, 0.29) is 12.3 Å². The normalized spacial score (nSPS) is 17.9. The maximum Gasteiger partial charge on any atom is 0.326 e. The van der Waals surface area contributed by atoms with Crippen LogP contribution in [0.15, 0.2) is 30.3 Å². The topological polar surface area (TPSA) is 168 Å². The molecule has 0 spiro atoms. The van der Waals surface area contributed by atoms with E-state index >= 15 is 0 Å². The Morgan fingerprint density at radius 2 is 1.72 bits per heavy atom. The highest BCUT2D eigenvalue weighted by Crippen LogP contribution is 2.20. The molecule has 1 heterocycles. The van der Waals surface area contributed by atoms with Crippen molar-refractivity contribution in [2.75, 3.05) is 13.1 Å². The molecule has 1 fully saturated rings. The van der Waals surface area contributed by atoms with Gasteiger partial charge in [0.05, 0.1) is 6.04 Å². The van der Waals surface area contributed by atoms with Crippen LogP contribution >= 0.6 is 0 Å². The number of rotatable bonds is 14. The van der Waals surface area contributed by atoms with Crippen molar-refractivity contribution < 1.29 is 24.3 Å². The number of carbonyl (C=O) groups is 4. The van der Waals surface area contributed by atoms with Crippen molar-refractivity contribution >= 4 is 23.7 Å². The Balaban J connectivity index is 2.19. The molecule has 36 heavy (non-hydrogen) atoms. The molecule has 1 aliphatic rings. The number of carboxylic acids is 1. The first-order chi connectivity index (χ1) is 17.1. The lowest BCUT2D eigenvalue weighted by atomic mass is 10.00. The van der Waals surface area contributed by atoms with Crippen LogP contribution in [0.5, 0.6) is 0 Å². The van der Waals surface area contributed by atoms with Gasteiger partial charge in [-0.15, -0.1) is 0 Å². The second-order valence-electron chi connectivity index (χ2n) is 9.86. The number of benzene rings is 1. The van der Waals surface area contributed by atoms with E-state index in [0.717, 1.165) is 12.0 Å². The van der Waals surface area contributed by atoms with Crippen molar-refractivity contribution in [1.29, 1.82) is 0 Å². The third-order valence-corrected chi connectivity index (χ3v) is 6.36. The Bertz CT molecular complexity index is 879. The number of nitrogens with one attached hydrogen (secondary N) is 2. The van der Waals surface area contributed by atoms with E-state index in [1.807, 2.05) is 44.2 Å². The maximum atomic E-state index is 13.5. The molecule has 1 aliphatic heterocycles. The number of hydrogen-bond acceptors (Lipinski definition) is 6.